The molecule has 0 aliphatic carbocycles. The maximum Gasteiger partial charge on any atom is 0.233 e. The topological polar surface area (TPSA) is 76.6 Å². The van der Waals surface area contributed by atoms with Crippen LogP contribution in [0, 0.1) is 0 Å². The Bertz CT molecular complexity index is 875. The molecular weight excluding hydrogens is 364 g/mol. The Morgan fingerprint density at radius 2 is 1.96 bits per heavy atom. The number of benzene rings is 1. The van der Waals surface area contributed by atoms with Gasteiger partial charge in [0.2, 0.25) is 6.41 Å². The van der Waals surface area contributed by atoms with Gasteiger partial charge in [-0.15, -0.1) is 0 Å². The quantitative estimate of drug-likeness (QED) is 0.482. The van der Waals surface area contributed by atoms with E-state index in [4.69, 9.17) is 4.84 Å². The van der Waals surface area contributed by atoms with Crippen molar-refractivity contribution in [2.45, 2.75) is 57.9 Å². The van der Waals surface area contributed by atoms with Crippen LogP contribution >= 0.6 is 0 Å². The van der Waals surface area contributed by atoms with E-state index in [2.05, 4.69) is 4.98 Å². The number of nitrogens with zero attached hydrogens (tertiary/aromatic N) is 2. The van der Waals surface area contributed by atoms with Crippen molar-refractivity contribution in [2.75, 3.05) is 5.75 Å². The highest BCUT2D eigenvalue weighted by molar-refractivity contribution is 7.90. The summed E-state index contributed by atoms with van der Waals surface area (Å²) in [6.07, 6.45) is 3.45. The molecule has 1 atom stereocenters. The third kappa shape index (κ3) is 6.59. The van der Waals surface area contributed by atoms with Crippen LogP contribution in [0.5, 0.6) is 0 Å². The summed E-state index contributed by atoms with van der Waals surface area (Å²) in [5, 5.41) is 2.06. The van der Waals surface area contributed by atoms with Crippen molar-refractivity contribution >= 4 is 27.2 Å². The molecule has 2 aromatic rings. The first kappa shape index (κ1) is 21.3. The lowest BCUT2D eigenvalue weighted by atomic mass is 10.2. The fourth-order valence-corrected chi connectivity index (χ4v) is 4.60. The molecule has 148 valence electrons. The van der Waals surface area contributed by atoms with E-state index in [1.165, 1.54) is 0 Å². The third-order valence-corrected chi connectivity index (χ3v) is 5.61. The van der Waals surface area contributed by atoms with E-state index in [0.29, 0.717) is 18.4 Å². The molecule has 0 aliphatic heterocycles. The van der Waals surface area contributed by atoms with Gasteiger partial charge in [-0.25, -0.2) is 13.5 Å². The number of aromatic nitrogens is 1. The minimum Gasteiger partial charge on any atom is -0.276 e. The number of fused-ring (bicyclic) bond motifs is 1. The lowest BCUT2D eigenvalue weighted by Gasteiger charge is -2.32. The van der Waals surface area contributed by atoms with Crippen LogP contribution < -0.4 is 0 Å². The van der Waals surface area contributed by atoms with Gasteiger partial charge in [-0.05, 0) is 44.9 Å². The van der Waals surface area contributed by atoms with Crippen LogP contribution in [-0.2, 0) is 25.2 Å². The number of pyridine rings is 1. The molecule has 27 heavy (non-hydrogen) atoms. The highest BCUT2D eigenvalue weighted by atomic mass is 32.2. The molecule has 0 saturated carbocycles. The highest BCUT2D eigenvalue weighted by Crippen LogP contribution is 2.19. The van der Waals surface area contributed by atoms with Crippen molar-refractivity contribution in [1.29, 1.82) is 0 Å². The zero-order valence-corrected chi connectivity index (χ0v) is 17.2. The van der Waals surface area contributed by atoms with E-state index >= 15 is 0 Å². The summed E-state index contributed by atoms with van der Waals surface area (Å²) in [6.45, 7) is 7.41. The van der Waals surface area contributed by atoms with Gasteiger partial charge in [-0.3, -0.25) is 14.6 Å². The maximum absolute atomic E-state index is 12.8. The van der Waals surface area contributed by atoms with Gasteiger partial charge in [-0.2, -0.15) is 0 Å². The molecule has 0 fully saturated rings. The van der Waals surface area contributed by atoms with Crippen LogP contribution in [0.1, 0.15) is 46.1 Å². The molecule has 1 aromatic heterocycles. The van der Waals surface area contributed by atoms with E-state index in [-0.39, 0.29) is 11.5 Å². The van der Waals surface area contributed by atoms with Crippen LogP contribution in [0.3, 0.4) is 0 Å². The first-order valence-electron chi connectivity index (χ1n) is 9.10. The molecule has 1 heterocycles. The largest absolute Gasteiger partial charge is 0.276 e. The van der Waals surface area contributed by atoms with E-state index in [9.17, 15) is 13.2 Å². The molecule has 7 heteroatoms. The monoisotopic (exact) mass is 392 g/mol. The summed E-state index contributed by atoms with van der Waals surface area (Å²) < 4.78 is 25.6. The highest BCUT2D eigenvalue weighted by Gasteiger charge is 2.28. The lowest BCUT2D eigenvalue weighted by Crippen LogP contribution is -2.43. The Balaban J connectivity index is 2.17. The molecule has 0 saturated heterocycles. The number of rotatable bonds is 9. The summed E-state index contributed by atoms with van der Waals surface area (Å²) in [5.74, 6) is -0.268. The second-order valence-electron chi connectivity index (χ2n) is 7.70. The fraction of sp³-hybridized carbons (Fsp3) is 0.500. The number of hydrogen-bond donors (Lipinski definition) is 0. The number of hydroxylamine groups is 2. The summed E-state index contributed by atoms with van der Waals surface area (Å²) >= 11 is 0. The molecule has 2 rings (SSSR count). The van der Waals surface area contributed by atoms with Gasteiger partial charge in [0.15, 0.2) is 9.84 Å². The van der Waals surface area contributed by atoms with E-state index in [1.807, 2.05) is 58.0 Å². The van der Waals surface area contributed by atoms with Crippen molar-refractivity contribution in [1.82, 2.24) is 10.0 Å². The molecule has 6 nitrogen and oxygen atoms in total. The average molecular weight is 393 g/mol. The zero-order chi connectivity index (χ0) is 20.1. The number of carbonyl (C=O) groups is 1. The van der Waals surface area contributed by atoms with Gasteiger partial charge < -0.3 is 0 Å². The standard InChI is InChI=1S/C20H28N2O4S/c1-5-8-18(22(15-23)26-20(2,3)4)14-27(24,25)13-16-11-17-9-6-7-10-19(17)21-12-16/h6-7,9-12,15,18H,5,8,13-14H2,1-4H3. The predicted molar refractivity (Wildman–Crippen MR) is 107 cm³/mol. The number of para-hydroxylation sites is 1. The van der Waals surface area contributed by atoms with Gasteiger partial charge in [0, 0.05) is 11.6 Å². The summed E-state index contributed by atoms with van der Waals surface area (Å²) in [4.78, 5) is 21.5. The van der Waals surface area contributed by atoms with E-state index < -0.39 is 21.5 Å². The van der Waals surface area contributed by atoms with Crippen molar-refractivity contribution in [3.05, 3.63) is 42.1 Å². The van der Waals surface area contributed by atoms with Crippen LogP contribution in [0.4, 0.5) is 0 Å². The van der Waals surface area contributed by atoms with Crippen molar-refractivity contribution < 1.29 is 18.0 Å². The van der Waals surface area contributed by atoms with E-state index in [0.717, 1.165) is 22.4 Å². The predicted octanol–water partition coefficient (Wildman–Crippen LogP) is 3.51. The average Bonchev–Trinajstić information content (AvgIpc) is 2.58. The SMILES string of the molecule is CCCC(CS(=O)(=O)Cc1cnc2ccccc2c1)N(C=O)OC(C)(C)C. The van der Waals surface area contributed by atoms with E-state index in [1.54, 1.807) is 6.20 Å². The number of carbonyl (C=O) groups excluding carboxylic acids is 1. The number of hydrogen-bond acceptors (Lipinski definition) is 5. The first-order chi connectivity index (χ1) is 12.6. The minimum absolute atomic E-state index is 0.118. The van der Waals surface area contributed by atoms with Crippen LogP contribution in [-0.4, -0.2) is 42.3 Å². The Kier molecular flexibility index (Phi) is 6.95. The summed E-state index contributed by atoms with van der Waals surface area (Å²) in [5.41, 5.74) is 0.880. The minimum atomic E-state index is -3.46. The van der Waals surface area contributed by atoms with Gasteiger partial charge in [0.1, 0.15) is 0 Å². The van der Waals surface area contributed by atoms with Gasteiger partial charge >= 0.3 is 0 Å². The Morgan fingerprint density at radius 3 is 2.59 bits per heavy atom. The Hall–Kier alpha value is -1.99. The smallest absolute Gasteiger partial charge is 0.233 e. The number of amides is 1. The van der Waals surface area contributed by atoms with Crippen molar-refractivity contribution in [3.63, 3.8) is 0 Å². The second kappa shape index (κ2) is 8.80. The Morgan fingerprint density at radius 1 is 1.26 bits per heavy atom. The van der Waals surface area contributed by atoms with Crippen molar-refractivity contribution in [2.24, 2.45) is 0 Å². The normalized spacial score (nSPS) is 13.5. The fourth-order valence-electron chi connectivity index (χ4n) is 2.92. The molecular formula is C20H28N2O4S. The maximum atomic E-state index is 12.8. The van der Waals surface area contributed by atoms with Crippen LogP contribution in [0.25, 0.3) is 10.9 Å². The van der Waals surface area contributed by atoms with Crippen molar-refractivity contribution in [3.8, 4) is 0 Å². The van der Waals surface area contributed by atoms with Gasteiger partial charge in [0.05, 0.1) is 28.7 Å². The second-order valence-corrected chi connectivity index (χ2v) is 9.81. The molecule has 0 bridgehead atoms. The summed E-state index contributed by atoms with van der Waals surface area (Å²) in [7, 11) is -3.46. The van der Waals surface area contributed by atoms with Gasteiger partial charge in [0.25, 0.3) is 0 Å². The molecule has 1 aromatic carbocycles. The Labute approximate surface area is 161 Å². The lowest BCUT2D eigenvalue weighted by molar-refractivity contribution is -0.230. The van der Waals surface area contributed by atoms with Gasteiger partial charge in [-0.1, -0.05) is 31.5 Å². The third-order valence-electron chi connectivity index (χ3n) is 3.94. The molecule has 0 spiro atoms. The molecule has 0 N–H and O–H groups in total. The zero-order valence-electron chi connectivity index (χ0n) is 16.4. The molecule has 1 unspecified atom stereocenters. The summed E-state index contributed by atoms with van der Waals surface area (Å²) in [6, 6.07) is 8.90. The molecule has 0 radical (unpaired) electrons. The van der Waals surface area contributed by atoms with Crippen LogP contribution in [0.15, 0.2) is 36.5 Å². The molecule has 1 amide bonds. The number of sulfone groups is 1. The van der Waals surface area contributed by atoms with Crippen LogP contribution in [0.2, 0.25) is 0 Å². The molecule has 0 aliphatic rings. The first-order valence-corrected chi connectivity index (χ1v) is 10.9.